The van der Waals surface area contributed by atoms with E-state index in [2.05, 4.69) is 15.3 Å². The zero-order valence-corrected chi connectivity index (χ0v) is 9.96. The average molecular weight is 243 g/mol. The van der Waals surface area contributed by atoms with Crippen LogP contribution < -0.4 is 5.32 Å². The number of anilines is 1. The van der Waals surface area contributed by atoms with Crippen molar-refractivity contribution in [3.63, 3.8) is 0 Å². The van der Waals surface area contributed by atoms with Crippen molar-refractivity contribution in [1.82, 2.24) is 9.97 Å². The van der Waals surface area contributed by atoms with E-state index in [-0.39, 0.29) is 0 Å². The van der Waals surface area contributed by atoms with Gasteiger partial charge in [0, 0.05) is 23.6 Å². The van der Waals surface area contributed by atoms with Crippen LogP contribution in [-0.2, 0) is 4.74 Å². The zero-order valence-electron chi connectivity index (χ0n) is 9.96. The van der Waals surface area contributed by atoms with Crippen molar-refractivity contribution in [2.45, 2.75) is 6.92 Å². The van der Waals surface area contributed by atoms with Gasteiger partial charge in [0.05, 0.1) is 6.61 Å². The van der Waals surface area contributed by atoms with Gasteiger partial charge in [-0.05, 0) is 24.6 Å². The molecule has 0 aliphatic rings. The predicted octanol–water partition coefficient (Wildman–Crippen LogP) is 2.71. The molecule has 92 valence electrons. The summed E-state index contributed by atoms with van der Waals surface area (Å²) in [5.74, 6) is 0. The van der Waals surface area contributed by atoms with Crippen LogP contribution in [0.5, 0.6) is 0 Å². The average Bonchev–Trinajstić information content (AvgIpc) is 2.41. The topological polar surface area (TPSA) is 64.1 Å². The largest absolute Gasteiger partial charge is 0.450 e. The van der Waals surface area contributed by atoms with Crippen LogP contribution in [0.4, 0.5) is 10.5 Å². The van der Waals surface area contributed by atoms with E-state index >= 15 is 0 Å². The standard InChI is InChI=1S/C13H13N3O2/c1-2-18-13(17)16-12-5-3-10(4-6-12)11-7-14-9-15-8-11/h3-9H,2H2,1H3,(H,16,17). The summed E-state index contributed by atoms with van der Waals surface area (Å²) in [6.45, 7) is 2.11. The van der Waals surface area contributed by atoms with E-state index in [0.717, 1.165) is 11.1 Å². The van der Waals surface area contributed by atoms with Crippen LogP contribution in [-0.4, -0.2) is 22.7 Å². The van der Waals surface area contributed by atoms with E-state index in [9.17, 15) is 4.79 Å². The molecule has 0 saturated carbocycles. The highest BCUT2D eigenvalue weighted by Gasteiger charge is 2.02. The summed E-state index contributed by atoms with van der Waals surface area (Å²) in [5, 5.41) is 2.63. The first kappa shape index (κ1) is 12.0. The molecule has 2 rings (SSSR count). The molecular weight excluding hydrogens is 230 g/mol. The maximum atomic E-state index is 11.2. The normalized spacial score (nSPS) is 9.83. The molecule has 0 spiro atoms. The number of aromatic nitrogens is 2. The summed E-state index contributed by atoms with van der Waals surface area (Å²) in [5.41, 5.74) is 2.61. The minimum absolute atomic E-state index is 0.352. The second-order valence-corrected chi connectivity index (χ2v) is 3.55. The van der Waals surface area contributed by atoms with Crippen molar-refractivity contribution in [3.05, 3.63) is 43.0 Å². The van der Waals surface area contributed by atoms with Gasteiger partial charge < -0.3 is 4.74 Å². The van der Waals surface area contributed by atoms with E-state index in [1.165, 1.54) is 6.33 Å². The minimum atomic E-state index is -0.451. The molecule has 0 fully saturated rings. The summed E-state index contributed by atoms with van der Waals surface area (Å²) in [6.07, 6.45) is 4.51. The van der Waals surface area contributed by atoms with Crippen LogP contribution in [0, 0.1) is 0 Å². The molecule has 0 saturated heterocycles. The third-order valence-electron chi connectivity index (χ3n) is 2.30. The van der Waals surface area contributed by atoms with E-state index < -0.39 is 6.09 Å². The van der Waals surface area contributed by atoms with E-state index in [4.69, 9.17) is 4.74 Å². The van der Waals surface area contributed by atoms with Crippen molar-refractivity contribution in [3.8, 4) is 11.1 Å². The van der Waals surface area contributed by atoms with Crippen LogP contribution in [0.2, 0.25) is 0 Å². The monoisotopic (exact) mass is 243 g/mol. The number of rotatable bonds is 3. The lowest BCUT2D eigenvalue weighted by molar-refractivity contribution is 0.168. The van der Waals surface area contributed by atoms with Crippen molar-refractivity contribution >= 4 is 11.8 Å². The molecule has 1 aromatic carbocycles. The molecule has 0 unspecified atom stereocenters. The summed E-state index contributed by atoms with van der Waals surface area (Å²) in [4.78, 5) is 19.1. The van der Waals surface area contributed by atoms with E-state index in [1.807, 2.05) is 12.1 Å². The third kappa shape index (κ3) is 3.04. The fourth-order valence-corrected chi connectivity index (χ4v) is 1.48. The molecule has 1 amide bonds. The lowest BCUT2D eigenvalue weighted by Gasteiger charge is -2.06. The summed E-state index contributed by atoms with van der Waals surface area (Å²) < 4.78 is 4.79. The predicted molar refractivity (Wildman–Crippen MR) is 68.1 cm³/mol. The van der Waals surface area contributed by atoms with Crippen molar-refractivity contribution in [1.29, 1.82) is 0 Å². The molecule has 5 heteroatoms. The number of amides is 1. The first-order valence-electron chi connectivity index (χ1n) is 5.59. The molecule has 0 atom stereocenters. The quantitative estimate of drug-likeness (QED) is 0.900. The van der Waals surface area contributed by atoms with Crippen molar-refractivity contribution < 1.29 is 9.53 Å². The van der Waals surface area contributed by atoms with Gasteiger partial charge in [0.25, 0.3) is 0 Å². The molecule has 1 heterocycles. The van der Waals surface area contributed by atoms with Crippen LogP contribution in [0.1, 0.15) is 6.92 Å². The Balaban J connectivity index is 2.09. The molecule has 0 aliphatic heterocycles. The van der Waals surface area contributed by atoms with Gasteiger partial charge in [-0.25, -0.2) is 14.8 Å². The van der Waals surface area contributed by atoms with Gasteiger partial charge in [-0.2, -0.15) is 0 Å². The highest BCUT2D eigenvalue weighted by atomic mass is 16.5. The van der Waals surface area contributed by atoms with Crippen molar-refractivity contribution in [2.75, 3.05) is 11.9 Å². The van der Waals surface area contributed by atoms with Gasteiger partial charge in [-0.3, -0.25) is 5.32 Å². The third-order valence-corrected chi connectivity index (χ3v) is 2.30. The Labute approximate surface area is 105 Å². The molecular formula is C13H13N3O2. The smallest absolute Gasteiger partial charge is 0.411 e. The number of hydrogen-bond donors (Lipinski definition) is 1. The van der Waals surface area contributed by atoms with E-state index in [0.29, 0.717) is 12.3 Å². The maximum Gasteiger partial charge on any atom is 0.411 e. The lowest BCUT2D eigenvalue weighted by atomic mass is 10.1. The molecule has 2 aromatic rings. The Hall–Kier alpha value is -2.43. The second kappa shape index (κ2) is 5.77. The van der Waals surface area contributed by atoms with Crippen molar-refractivity contribution in [2.24, 2.45) is 0 Å². The molecule has 0 aliphatic carbocycles. The van der Waals surface area contributed by atoms with Gasteiger partial charge in [-0.15, -0.1) is 0 Å². The fraction of sp³-hybridized carbons (Fsp3) is 0.154. The first-order chi connectivity index (χ1) is 8.79. The van der Waals surface area contributed by atoms with Crippen LogP contribution in [0.15, 0.2) is 43.0 Å². The minimum Gasteiger partial charge on any atom is -0.450 e. The van der Waals surface area contributed by atoms with E-state index in [1.54, 1.807) is 31.5 Å². The number of benzene rings is 1. The molecule has 1 N–H and O–H groups in total. The molecule has 0 bridgehead atoms. The Morgan fingerprint density at radius 2 is 1.83 bits per heavy atom. The van der Waals surface area contributed by atoms with Gasteiger partial charge in [0.15, 0.2) is 0 Å². The summed E-state index contributed by atoms with van der Waals surface area (Å²) in [7, 11) is 0. The number of nitrogens with one attached hydrogen (secondary N) is 1. The molecule has 0 radical (unpaired) electrons. The molecule has 18 heavy (non-hydrogen) atoms. The van der Waals surface area contributed by atoms with Gasteiger partial charge in [0.2, 0.25) is 0 Å². The fourth-order valence-electron chi connectivity index (χ4n) is 1.48. The first-order valence-corrected chi connectivity index (χ1v) is 5.59. The SMILES string of the molecule is CCOC(=O)Nc1ccc(-c2cncnc2)cc1. The van der Waals surface area contributed by atoms with Crippen LogP contribution in [0.3, 0.4) is 0 Å². The van der Waals surface area contributed by atoms with Gasteiger partial charge in [0.1, 0.15) is 6.33 Å². The Morgan fingerprint density at radius 3 is 2.44 bits per heavy atom. The number of nitrogens with zero attached hydrogens (tertiary/aromatic N) is 2. The highest BCUT2D eigenvalue weighted by Crippen LogP contribution is 2.19. The number of hydrogen-bond acceptors (Lipinski definition) is 4. The molecule has 1 aromatic heterocycles. The number of carbonyl (C=O) groups is 1. The Bertz CT molecular complexity index is 512. The van der Waals surface area contributed by atoms with Crippen LogP contribution >= 0.6 is 0 Å². The summed E-state index contributed by atoms with van der Waals surface area (Å²) in [6, 6.07) is 7.39. The second-order valence-electron chi connectivity index (χ2n) is 3.55. The van der Waals surface area contributed by atoms with Crippen LogP contribution in [0.25, 0.3) is 11.1 Å². The number of ether oxygens (including phenoxy) is 1. The number of carbonyl (C=O) groups excluding carboxylic acids is 1. The highest BCUT2D eigenvalue weighted by molar-refractivity contribution is 5.85. The Kier molecular flexibility index (Phi) is 3.86. The Morgan fingerprint density at radius 1 is 1.17 bits per heavy atom. The van der Waals surface area contributed by atoms with Gasteiger partial charge in [-0.1, -0.05) is 12.1 Å². The maximum absolute atomic E-state index is 11.2. The lowest BCUT2D eigenvalue weighted by Crippen LogP contribution is -2.12. The molecule has 5 nitrogen and oxygen atoms in total. The van der Waals surface area contributed by atoms with Gasteiger partial charge >= 0.3 is 6.09 Å². The zero-order chi connectivity index (χ0) is 12.8. The summed E-state index contributed by atoms with van der Waals surface area (Å²) >= 11 is 0.